The van der Waals surface area contributed by atoms with E-state index in [-0.39, 0.29) is 15.5 Å². The minimum absolute atomic E-state index is 0.00986. The highest BCUT2D eigenvalue weighted by Gasteiger charge is 2.27. The van der Waals surface area contributed by atoms with E-state index in [1.165, 1.54) is 48.8 Å². The van der Waals surface area contributed by atoms with Gasteiger partial charge in [-0.25, -0.2) is 16.8 Å². The molecule has 190 valence electrons. The molecule has 0 bridgehead atoms. The average Bonchev–Trinajstić information content (AvgIpc) is 2.88. The number of sulfonamides is 2. The van der Waals surface area contributed by atoms with Gasteiger partial charge in [0.05, 0.1) is 21.7 Å². The van der Waals surface area contributed by atoms with Crippen LogP contribution in [0, 0.1) is 6.92 Å². The van der Waals surface area contributed by atoms with Gasteiger partial charge in [0, 0.05) is 17.6 Å². The van der Waals surface area contributed by atoms with Crippen LogP contribution in [0.3, 0.4) is 0 Å². The molecule has 1 amide bonds. The number of hydrogen-bond donors (Lipinski definition) is 2. The third kappa shape index (κ3) is 6.32. The molecule has 11 heteroatoms. The van der Waals surface area contributed by atoms with Gasteiger partial charge in [-0.2, -0.15) is 0 Å². The highest BCUT2D eigenvalue weighted by atomic mass is 32.2. The van der Waals surface area contributed by atoms with Crippen molar-refractivity contribution in [2.45, 2.75) is 16.7 Å². The van der Waals surface area contributed by atoms with Gasteiger partial charge >= 0.3 is 0 Å². The van der Waals surface area contributed by atoms with Gasteiger partial charge in [0.2, 0.25) is 5.91 Å². The summed E-state index contributed by atoms with van der Waals surface area (Å²) in [6.45, 7) is 1.34. The summed E-state index contributed by atoms with van der Waals surface area (Å²) < 4.78 is 55.5. The Morgan fingerprint density at radius 1 is 0.811 bits per heavy atom. The predicted molar refractivity (Wildman–Crippen MR) is 142 cm³/mol. The Hall–Kier alpha value is -4.22. The fourth-order valence-electron chi connectivity index (χ4n) is 3.51. The molecule has 1 aromatic heterocycles. The molecule has 0 aliphatic carbocycles. The smallest absolute Gasteiger partial charge is 0.264 e. The molecule has 0 unspecified atom stereocenters. The summed E-state index contributed by atoms with van der Waals surface area (Å²) in [5.41, 5.74) is 1.88. The number of hydrogen-bond acceptors (Lipinski definition) is 6. The van der Waals surface area contributed by atoms with Crippen molar-refractivity contribution in [3.63, 3.8) is 0 Å². The molecule has 4 aromatic rings. The molecule has 1 heterocycles. The van der Waals surface area contributed by atoms with Gasteiger partial charge in [-0.3, -0.25) is 18.8 Å². The first-order valence-electron chi connectivity index (χ1n) is 11.1. The summed E-state index contributed by atoms with van der Waals surface area (Å²) in [6.07, 6.45) is 2.86. The number of pyridine rings is 1. The van der Waals surface area contributed by atoms with Crippen LogP contribution in [-0.2, 0) is 24.8 Å². The zero-order valence-corrected chi connectivity index (χ0v) is 21.4. The molecular weight excluding hydrogens is 512 g/mol. The second kappa shape index (κ2) is 10.8. The van der Waals surface area contributed by atoms with E-state index < -0.39 is 32.5 Å². The Bertz CT molecular complexity index is 1590. The molecule has 0 saturated heterocycles. The van der Waals surface area contributed by atoms with Crippen LogP contribution in [0.2, 0.25) is 0 Å². The fraction of sp³-hybridized carbons (Fsp3) is 0.0769. The van der Waals surface area contributed by atoms with Gasteiger partial charge in [-0.1, -0.05) is 30.3 Å². The van der Waals surface area contributed by atoms with Crippen LogP contribution in [0.5, 0.6) is 0 Å². The lowest BCUT2D eigenvalue weighted by molar-refractivity contribution is -0.114. The van der Waals surface area contributed by atoms with Gasteiger partial charge < -0.3 is 5.32 Å². The summed E-state index contributed by atoms with van der Waals surface area (Å²) in [4.78, 5) is 16.9. The Kier molecular flexibility index (Phi) is 7.55. The lowest BCUT2D eigenvalue weighted by Gasteiger charge is -2.23. The Labute approximate surface area is 215 Å². The molecule has 0 spiro atoms. The van der Waals surface area contributed by atoms with Gasteiger partial charge in [-0.15, -0.1) is 0 Å². The molecule has 4 rings (SSSR count). The molecule has 0 aliphatic rings. The summed E-state index contributed by atoms with van der Waals surface area (Å²) >= 11 is 0. The number of rotatable bonds is 9. The summed E-state index contributed by atoms with van der Waals surface area (Å²) in [7, 11) is -7.89. The normalized spacial score (nSPS) is 11.5. The van der Waals surface area contributed by atoms with Crippen LogP contribution >= 0.6 is 0 Å². The molecule has 2 N–H and O–H groups in total. The van der Waals surface area contributed by atoms with Crippen LogP contribution < -0.4 is 14.3 Å². The van der Waals surface area contributed by atoms with Gasteiger partial charge in [0.15, 0.2) is 0 Å². The maximum Gasteiger partial charge on any atom is 0.264 e. The van der Waals surface area contributed by atoms with E-state index in [0.29, 0.717) is 11.4 Å². The highest BCUT2D eigenvalue weighted by Crippen LogP contribution is 2.23. The quantitative estimate of drug-likeness (QED) is 0.333. The fourth-order valence-corrected chi connectivity index (χ4v) is 5.98. The second-order valence-corrected chi connectivity index (χ2v) is 11.6. The molecular formula is C26H24N4O5S2. The topological polar surface area (TPSA) is 126 Å². The maximum absolute atomic E-state index is 13.3. The minimum atomic E-state index is -4.06. The van der Waals surface area contributed by atoms with Crippen molar-refractivity contribution in [3.8, 4) is 0 Å². The number of anilines is 3. The van der Waals surface area contributed by atoms with Crippen molar-refractivity contribution >= 4 is 43.0 Å². The van der Waals surface area contributed by atoms with Crippen molar-refractivity contribution < 1.29 is 21.6 Å². The first-order chi connectivity index (χ1) is 17.6. The number of nitrogens with zero attached hydrogens (tertiary/aromatic N) is 2. The van der Waals surface area contributed by atoms with E-state index >= 15 is 0 Å². The molecule has 0 atom stereocenters. The monoisotopic (exact) mass is 536 g/mol. The number of nitrogens with one attached hydrogen (secondary N) is 2. The van der Waals surface area contributed by atoms with Crippen molar-refractivity contribution in [1.29, 1.82) is 0 Å². The van der Waals surface area contributed by atoms with Gasteiger partial charge in [0.25, 0.3) is 20.0 Å². The largest absolute Gasteiger partial charge is 0.325 e. The van der Waals surface area contributed by atoms with Crippen molar-refractivity contribution in [1.82, 2.24) is 4.98 Å². The second-order valence-electron chi connectivity index (χ2n) is 8.08. The van der Waals surface area contributed by atoms with E-state index in [9.17, 15) is 21.6 Å². The van der Waals surface area contributed by atoms with E-state index in [1.54, 1.807) is 48.5 Å². The van der Waals surface area contributed by atoms with Crippen molar-refractivity contribution in [3.05, 3.63) is 109 Å². The molecule has 37 heavy (non-hydrogen) atoms. The lowest BCUT2D eigenvalue weighted by atomic mass is 10.2. The van der Waals surface area contributed by atoms with Crippen LogP contribution in [-0.4, -0.2) is 34.3 Å². The zero-order valence-electron chi connectivity index (χ0n) is 19.8. The van der Waals surface area contributed by atoms with Gasteiger partial charge in [-0.05, 0) is 73.2 Å². The number of aryl methyl sites for hydroxylation is 1. The molecule has 0 radical (unpaired) electrons. The third-order valence-corrected chi connectivity index (χ3v) is 8.46. The summed E-state index contributed by atoms with van der Waals surface area (Å²) in [5, 5.41) is 2.62. The zero-order chi connectivity index (χ0) is 26.5. The first-order valence-corrected chi connectivity index (χ1v) is 14.0. The molecule has 0 aliphatic heterocycles. The maximum atomic E-state index is 13.3. The van der Waals surface area contributed by atoms with E-state index in [0.717, 1.165) is 9.87 Å². The molecule has 0 fully saturated rings. The third-order valence-electron chi connectivity index (χ3n) is 5.27. The number of benzene rings is 3. The van der Waals surface area contributed by atoms with Gasteiger partial charge in [0.1, 0.15) is 6.54 Å². The van der Waals surface area contributed by atoms with Crippen molar-refractivity contribution in [2.75, 3.05) is 20.9 Å². The lowest BCUT2D eigenvalue weighted by Crippen LogP contribution is -2.38. The minimum Gasteiger partial charge on any atom is -0.325 e. The Morgan fingerprint density at radius 2 is 1.54 bits per heavy atom. The number of amides is 1. The van der Waals surface area contributed by atoms with E-state index in [2.05, 4.69) is 15.0 Å². The van der Waals surface area contributed by atoms with Crippen LogP contribution in [0.25, 0.3) is 0 Å². The number of carbonyl (C=O) groups excluding carboxylic acids is 1. The van der Waals surface area contributed by atoms with E-state index in [1.807, 2.05) is 13.0 Å². The van der Waals surface area contributed by atoms with E-state index in [4.69, 9.17) is 0 Å². The van der Waals surface area contributed by atoms with Crippen LogP contribution in [0.15, 0.2) is 113 Å². The Morgan fingerprint density at radius 3 is 2.19 bits per heavy atom. The predicted octanol–water partition coefficient (Wildman–Crippen LogP) is 4.02. The van der Waals surface area contributed by atoms with Crippen LogP contribution in [0.4, 0.5) is 17.1 Å². The van der Waals surface area contributed by atoms with Crippen LogP contribution in [0.1, 0.15) is 5.56 Å². The first kappa shape index (κ1) is 25.9. The number of carbonyl (C=O) groups is 1. The SMILES string of the molecule is Cc1cccc(NS(=O)(=O)c2ccc(NC(=O)CN(c3cccnc3)S(=O)(=O)c3ccccc3)cc2)c1. The molecule has 9 nitrogen and oxygen atoms in total. The number of aromatic nitrogens is 1. The highest BCUT2D eigenvalue weighted by molar-refractivity contribution is 7.93. The summed E-state index contributed by atoms with van der Waals surface area (Å²) in [6, 6.07) is 23.4. The molecule has 0 saturated carbocycles. The van der Waals surface area contributed by atoms with Crippen molar-refractivity contribution in [2.24, 2.45) is 0 Å². The Balaban J connectivity index is 1.50. The summed E-state index contributed by atoms with van der Waals surface area (Å²) in [5.74, 6) is -0.614. The standard InChI is InChI=1S/C26H24N4O5S2/c1-20-7-5-8-22(17-20)29-36(32,33)24-14-12-21(13-15-24)28-26(31)19-30(23-9-6-16-27-18-23)37(34,35)25-10-3-2-4-11-25/h2-18,29H,19H2,1H3,(H,28,31). The average molecular weight is 537 g/mol. The molecule has 3 aromatic carbocycles.